The summed E-state index contributed by atoms with van der Waals surface area (Å²) in [6, 6.07) is 37.1. The van der Waals surface area contributed by atoms with E-state index >= 15 is 0 Å². The van der Waals surface area contributed by atoms with Gasteiger partial charge in [0.25, 0.3) is 0 Å². The fraction of sp³-hybridized carbons (Fsp3) is 0. The van der Waals surface area contributed by atoms with Gasteiger partial charge < -0.3 is 0 Å². The molecule has 1 aliphatic rings. The van der Waals surface area contributed by atoms with Gasteiger partial charge in [0.2, 0.25) is 0 Å². The van der Waals surface area contributed by atoms with Crippen LogP contribution >= 0.6 is 10.0 Å². The minimum absolute atomic E-state index is 0.930. The van der Waals surface area contributed by atoms with E-state index in [0.29, 0.717) is 0 Å². The SMILES string of the molecule is C#Cc1ccc2c(c1)-c1ccccc1S2(c1ccccc1)c1ccccc1. The lowest BCUT2D eigenvalue weighted by Crippen LogP contribution is -2.01. The Balaban J connectivity index is 1.97. The molecule has 128 valence electrons. The fourth-order valence-electron chi connectivity index (χ4n) is 4.07. The van der Waals surface area contributed by atoms with E-state index in [-0.39, 0.29) is 0 Å². The summed E-state index contributed by atoms with van der Waals surface area (Å²) in [4.78, 5) is 5.48. The monoisotopic (exact) mass is 362 g/mol. The Hall–Kier alpha value is -3.21. The van der Waals surface area contributed by atoms with Crippen molar-refractivity contribution in [3.63, 3.8) is 0 Å². The van der Waals surface area contributed by atoms with Crippen LogP contribution in [-0.2, 0) is 0 Å². The summed E-state index contributed by atoms with van der Waals surface area (Å²) in [5.41, 5.74) is 3.50. The van der Waals surface area contributed by atoms with E-state index in [9.17, 15) is 0 Å². The Bertz CT molecular complexity index is 1130. The second kappa shape index (κ2) is 6.20. The molecule has 0 aliphatic carbocycles. The molecule has 0 saturated heterocycles. The largest absolute Gasteiger partial charge is 0.132 e. The van der Waals surface area contributed by atoms with Gasteiger partial charge in [-0.2, -0.15) is 0 Å². The third kappa shape index (κ3) is 2.21. The molecule has 0 bridgehead atoms. The zero-order valence-electron chi connectivity index (χ0n) is 14.8. The van der Waals surface area contributed by atoms with Gasteiger partial charge >= 0.3 is 0 Å². The molecule has 1 aliphatic heterocycles. The summed E-state index contributed by atoms with van der Waals surface area (Å²) in [7, 11) is -1.53. The molecule has 27 heavy (non-hydrogen) atoms. The molecule has 0 amide bonds. The minimum Gasteiger partial charge on any atom is -0.132 e. The maximum atomic E-state index is 5.71. The van der Waals surface area contributed by atoms with Gasteiger partial charge in [-0.1, -0.05) is 60.5 Å². The smallest absolute Gasteiger partial charge is 0.0249 e. The average Bonchev–Trinajstić information content (AvgIpc) is 3.05. The predicted octanol–water partition coefficient (Wildman–Crippen LogP) is 6.99. The van der Waals surface area contributed by atoms with Gasteiger partial charge in [-0.3, -0.25) is 0 Å². The molecule has 0 unspecified atom stereocenters. The summed E-state index contributed by atoms with van der Waals surface area (Å²) >= 11 is 0. The van der Waals surface area contributed by atoms with Crippen molar-refractivity contribution in [3.05, 3.63) is 109 Å². The highest BCUT2D eigenvalue weighted by atomic mass is 32.3. The Morgan fingerprint density at radius 1 is 0.556 bits per heavy atom. The van der Waals surface area contributed by atoms with Crippen molar-refractivity contribution >= 4 is 10.0 Å². The second-order valence-electron chi connectivity index (χ2n) is 6.59. The first-order valence-corrected chi connectivity index (χ1v) is 10.6. The number of benzene rings is 4. The van der Waals surface area contributed by atoms with Crippen LogP contribution in [0, 0.1) is 12.3 Å². The van der Waals surface area contributed by atoms with Crippen LogP contribution in [0.25, 0.3) is 11.1 Å². The lowest BCUT2D eigenvalue weighted by molar-refractivity contribution is 1.29. The van der Waals surface area contributed by atoms with Crippen LogP contribution in [0.2, 0.25) is 0 Å². The zero-order valence-corrected chi connectivity index (χ0v) is 15.6. The molecular weight excluding hydrogens is 344 g/mol. The highest BCUT2D eigenvalue weighted by Gasteiger charge is 2.41. The van der Waals surface area contributed by atoms with E-state index in [1.54, 1.807) is 0 Å². The summed E-state index contributed by atoms with van der Waals surface area (Å²) < 4.78 is 0. The van der Waals surface area contributed by atoms with E-state index in [1.165, 1.54) is 30.7 Å². The Kier molecular flexibility index (Phi) is 3.67. The lowest BCUT2D eigenvalue weighted by Gasteiger charge is -2.39. The van der Waals surface area contributed by atoms with Crippen LogP contribution < -0.4 is 0 Å². The number of rotatable bonds is 2. The quantitative estimate of drug-likeness (QED) is 0.297. The number of hydrogen-bond acceptors (Lipinski definition) is 0. The van der Waals surface area contributed by atoms with Crippen molar-refractivity contribution < 1.29 is 0 Å². The van der Waals surface area contributed by atoms with Crippen LogP contribution in [0.5, 0.6) is 0 Å². The van der Waals surface area contributed by atoms with Crippen molar-refractivity contribution in [3.8, 4) is 23.5 Å². The fourth-order valence-corrected chi connectivity index (χ4v) is 8.28. The Morgan fingerprint density at radius 3 is 1.74 bits per heavy atom. The van der Waals surface area contributed by atoms with Gasteiger partial charge in [-0.25, -0.2) is 0 Å². The van der Waals surface area contributed by atoms with Gasteiger partial charge in [-0.15, -0.1) is 16.5 Å². The van der Waals surface area contributed by atoms with Crippen LogP contribution in [0.4, 0.5) is 0 Å². The summed E-state index contributed by atoms with van der Waals surface area (Å²) in [6.45, 7) is 0. The maximum Gasteiger partial charge on any atom is 0.0249 e. The van der Waals surface area contributed by atoms with E-state index in [4.69, 9.17) is 6.42 Å². The third-order valence-electron chi connectivity index (χ3n) is 5.18. The number of fused-ring (bicyclic) bond motifs is 3. The molecule has 5 rings (SSSR count). The third-order valence-corrected chi connectivity index (χ3v) is 9.17. The highest BCUT2D eigenvalue weighted by molar-refractivity contribution is 8.34. The molecule has 1 heterocycles. The summed E-state index contributed by atoms with van der Waals surface area (Å²) in [5.74, 6) is 2.80. The molecule has 0 radical (unpaired) electrons. The van der Waals surface area contributed by atoms with E-state index < -0.39 is 10.0 Å². The lowest BCUT2D eigenvalue weighted by atomic mass is 10.0. The van der Waals surface area contributed by atoms with E-state index in [0.717, 1.165) is 5.56 Å². The van der Waals surface area contributed by atoms with E-state index in [1.807, 2.05) is 0 Å². The van der Waals surface area contributed by atoms with Crippen molar-refractivity contribution in [1.29, 1.82) is 0 Å². The van der Waals surface area contributed by atoms with Gasteiger partial charge in [0.05, 0.1) is 0 Å². The molecule has 0 saturated carbocycles. The van der Waals surface area contributed by atoms with Crippen LogP contribution in [0.3, 0.4) is 0 Å². The Morgan fingerprint density at radius 2 is 1.11 bits per heavy atom. The molecule has 4 aromatic rings. The first kappa shape index (κ1) is 16.0. The molecule has 0 fully saturated rings. The molecular formula is C26H18S. The molecule has 0 aromatic heterocycles. The topological polar surface area (TPSA) is 0 Å². The van der Waals surface area contributed by atoms with Gasteiger partial charge in [-0.05, 0) is 59.7 Å². The van der Waals surface area contributed by atoms with Crippen LogP contribution in [0.15, 0.2) is 123 Å². The van der Waals surface area contributed by atoms with Crippen molar-refractivity contribution in [2.75, 3.05) is 0 Å². The second-order valence-corrected chi connectivity index (χ2v) is 9.64. The Labute approximate surface area is 161 Å². The van der Waals surface area contributed by atoms with Gasteiger partial charge in [0.15, 0.2) is 0 Å². The predicted molar refractivity (Wildman–Crippen MR) is 113 cm³/mol. The van der Waals surface area contributed by atoms with Gasteiger partial charge in [0.1, 0.15) is 0 Å². The van der Waals surface area contributed by atoms with Crippen LogP contribution in [-0.4, -0.2) is 0 Å². The van der Waals surface area contributed by atoms with E-state index in [2.05, 4.69) is 109 Å². The number of hydrogen-bond donors (Lipinski definition) is 0. The first-order chi connectivity index (χ1) is 13.4. The highest BCUT2D eigenvalue weighted by Crippen LogP contribution is 2.79. The standard InChI is InChI=1S/C26H18S/c1-2-20-17-18-26-24(19-20)23-15-9-10-16-25(23)27(26,21-11-5-3-6-12-21)22-13-7-4-8-14-22/h1,3-19H. The molecule has 0 nitrogen and oxygen atoms in total. The maximum absolute atomic E-state index is 5.71. The molecule has 0 atom stereocenters. The van der Waals surface area contributed by atoms with Crippen molar-refractivity contribution in [2.24, 2.45) is 0 Å². The minimum atomic E-state index is -1.53. The molecule has 4 aromatic carbocycles. The number of terminal acetylenes is 1. The summed E-state index contributed by atoms with van der Waals surface area (Å²) in [6.07, 6.45) is 5.71. The molecule has 1 heteroatoms. The first-order valence-electron chi connectivity index (χ1n) is 8.99. The molecule has 0 N–H and O–H groups in total. The average molecular weight is 362 g/mol. The normalized spacial score (nSPS) is 14.6. The zero-order chi connectivity index (χ0) is 18.3. The van der Waals surface area contributed by atoms with Gasteiger partial charge in [0, 0.05) is 25.1 Å². The van der Waals surface area contributed by atoms with Crippen LogP contribution in [0.1, 0.15) is 5.56 Å². The van der Waals surface area contributed by atoms with Crippen molar-refractivity contribution in [1.82, 2.24) is 0 Å². The summed E-state index contributed by atoms with van der Waals surface area (Å²) in [5, 5.41) is 0. The van der Waals surface area contributed by atoms with Crippen molar-refractivity contribution in [2.45, 2.75) is 19.6 Å². The molecule has 0 spiro atoms.